The number of anilines is 2. The monoisotopic (exact) mass is 264 g/mol. The fraction of sp³-hybridized carbons (Fsp3) is 0.154. The Morgan fingerprint density at radius 3 is 2.89 bits per heavy atom. The van der Waals surface area contributed by atoms with Crippen LogP contribution in [0, 0.1) is 0 Å². The average molecular weight is 265 g/mol. The first kappa shape index (κ1) is 12.5. The minimum absolute atomic E-state index is 0.241. The number of benzene rings is 1. The van der Waals surface area contributed by atoms with E-state index in [0.717, 1.165) is 0 Å². The molecule has 2 aromatic rings. The number of hydrogen-bond donors (Lipinski definition) is 2. The molecule has 1 aromatic heterocycles. The van der Waals surface area contributed by atoms with Crippen molar-refractivity contribution in [3.8, 4) is 0 Å². The van der Waals surface area contributed by atoms with Gasteiger partial charge in [0.15, 0.2) is 0 Å². The zero-order chi connectivity index (χ0) is 13.1. The van der Waals surface area contributed by atoms with Crippen LogP contribution in [0.15, 0.2) is 34.9 Å². The Hall–Kier alpha value is -1.94. The van der Waals surface area contributed by atoms with Crippen molar-refractivity contribution in [3.63, 3.8) is 0 Å². The summed E-state index contributed by atoms with van der Waals surface area (Å²) in [5.41, 5.74) is 7.25. The molecule has 0 aliphatic heterocycles. The molecule has 0 saturated carbocycles. The van der Waals surface area contributed by atoms with Gasteiger partial charge in [-0.1, -0.05) is 18.5 Å². The van der Waals surface area contributed by atoms with Crippen LogP contribution in [-0.2, 0) is 6.42 Å². The van der Waals surface area contributed by atoms with Crippen LogP contribution in [0.25, 0.3) is 0 Å². The number of carbonyl (C=O) groups is 1. The first-order valence-electron chi connectivity index (χ1n) is 5.54. The van der Waals surface area contributed by atoms with E-state index in [9.17, 15) is 4.79 Å². The summed E-state index contributed by atoms with van der Waals surface area (Å²) in [5.74, 6) is 0.412. The number of amides is 1. The third-order valence-corrected chi connectivity index (χ3v) is 2.81. The van der Waals surface area contributed by atoms with Gasteiger partial charge >= 0.3 is 0 Å². The number of halogens is 1. The van der Waals surface area contributed by atoms with Crippen molar-refractivity contribution in [1.82, 2.24) is 0 Å². The van der Waals surface area contributed by atoms with E-state index in [1.807, 2.05) is 6.92 Å². The van der Waals surface area contributed by atoms with Gasteiger partial charge in [-0.3, -0.25) is 4.79 Å². The lowest BCUT2D eigenvalue weighted by Crippen LogP contribution is -2.13. The molecule has 0 saturated heterocycles. The minimum Gasteiger partial charge on any atom is -0.469 e. The van der Waals surface area contributed by atoms with Crippen molar-refractivity contribution in [3.05, 3.63) is 46.9 Å². The summed E-state index contributed by atoms with van der Waals surface area (Å²) >= 11 is 5.79. The van der Waals surface area contributed by atoms with E-state index in [0.29, 0.717) is 34.1 Å². The Morgan fingerprint density at radius 1 is 1.44 bits per heavy atom. The van der Waals surface area contributed by atoms with Gasteiger partial charge in [-0.15, -0.1) is 0 Å². The van der Waals surface area contributed by atoms with Crippen LogP contribution in [0.3, 0.4) is 0 Å². The predicted molar refractivity (Wildman–Crippen MR) is 71.9 cm³/mol. The van der Waals surface area contributed by atoms with Crippen LogP contribution in [0.4, 0.5) is 11.4 Å². The van der Waals surface area contributed by atoms with E-state index in [-0.39, 0.29) is 5.91 Å². The molecular formula is C13H13ClN2O2. The summed E-state index contributed by atoms with van der Waals surface area (Å²) in [6.45, 7) is 1.92. The molecule has 2 rings (SSSR count). The van der Waals surface area contributed by atoms with Gasteiger partial charge in [-0.2, -0.15) is 0 Å². The van der Waals surface area contributed by atoms with Crippen molar-refractivity contribution in [2.45, 2.75) is 13.3 Å². The van der Waals surface area contributed by atoms with Crippen molar-refractivity contribution in [2.24, 2.45) is 0 Å². The molecule has 1 heterocycles. The molecule has 0 atom stereocenters. The maximum Gasteiger partial charge on any atom is 0.259 e. The summed E-state index contributed by atoms with van der Waals surface area (Å²) in [6.07, 6.45) is 2.16. The molecule has 0 bridgehead atoms. The number of nitrogens with two attached hydrogens (primary N) is 1. The third kappa shape index (κ3) is 2.49. The largest absolute Gasteiger partial charge is 0.469 e. The van der Waals surface area contributed by atoms with Gasteiger partial charge in [0.05, 0.1) is 23.2 Å². The maximum absolute atomic E-state index is 12.0. The van der Waals surface area contributed by atoms with E-state index < -0.39 is 0 Å². The quantitative estimate of drug-likeness (QED) is 0.836. The highest BCUT2D eigenvalue weighted by Gasteiger charge is 2.14. The van der Waals surface area contributed by atoms with Crippen LogP contribution in [0.2, 0.25) is 5.02 Å². The van der Waals surface area contributed by atoms with Gasteiger partial charge in [-0.25, -0.2) is 0 Å². The Balaban J connectivity index is 2.21. The lowest BCUT2D eigenvalue weighted by Gasteiger charge is -2.08. The number of nitrogen functional groups attached to an aromatic ring is 1. The Labute approximate surface area is 110 Å². The van der Waals surface area contributed by atoms with Crippen molar-refractivity contribution in [2.75, 3.05) is 11.1 Å². The molecule has 0 aliphatic carbocycles. The Morgan fingerprint density at radius 2 is 2.22 bits per heavy atom. The highest BCUT2D eigenvalue weighted by atomic mass is 35.5. The second-order valence-corrected chi connectivity index (χ2v) is 4.23. The van der Waals surface area contributed by atoms with Crippen molar-refractivity contribution < 1.29 is 9.21 Å². The Bertz CT molecular complexity index is 578. The summed E-state index contributed by atoms with van der Waals surface area (Å²) in [5, 5.41) is 3.26. The zero-order valence-corrected chi connectivity index (χ0v) is 10.6. The highest BCUT2D eigenvalue weighted by molar-refractivity contribution is 6.31. The molecule has 0 spiro atoms. The van der Waals surface area contributed by atoms with Crippen molar-refractivity contribution in [1.29, 1.82) is 0 Å². The number of furan rings is 1. The zero-order valence-electron chi connectivity index (χ0n) is 9.87. The molecule has 94 valence electrons. The molecule has 0 unspecified atom stereocenters. The van der Waals surface area contributed by atoms with Crippen LogP contribution in [0.5, 0.6) is 0 Å². The van der Waals surface area contributed by atoms with Crippen LogP contribution >= 0.6 is 11.6 Å². The molecule has 0 aliphatic rings. The number of rotatable bonds is 3. The lowest BCUT2D eigenvalue weighted by atomic mass is 10.2. The third-order valence-electron chi connectivity index (χ3n) is 2.57. The van der Waals surface area contributed by atoms with Gasteiger partial charge in [0.25, 0.3) is 5.91 Å². The van der Waals surface area contributed by atoms with Gasteiger partial charge in [0.2, 0.25) is 0 Å². The second-order valence-electron chi connectivity index (χ2n) is 3.80. The topological polar surface area (TPSA) is 68.3 Å². The fourth-order valence-electron chi connectivity index (χ4n) is 1.65. The van der Waals surface area contributed by atoms with E-state index >= 15 is 0 Å². The van der Waals surface area contributed by atoms with Crippen LogP contribution in [-0.4, -0.2) is 5.91 Å². The summed E-state index contributed by atoms with van der Waals surface area (Å²) < 4.78 is 5.21. The second kappa shape index (κ2) is 5.14. The van der Waals surface area contributed by atoms with Crippen LogP contribution in [0.1, 0.15) is 23.0 Å². The van der Waals surface area contributed by atoms with Gasteiger partial charge < -0.3 is 15.5 Å². The molecule has 3 N–H and O–H groups in total. The summed E-state index contributed by atoms with van der Waals surface area (Å²) in [4.78, 5) is 12.0. The number of aryl methyl sites for hydroxylation is 1. The van der Waals surface area contributed by atoms with Crippen LogP contribution < -0.4 is 11.1 Å². The fourth-order valence-corrected chi connectivity index (χ4v) is 1.83. The average Bonchev–Trinajstić information content (AvgIpc) is 2.81. The minimum atomic E-state index is -0.241. The highest BCUT2D eigenvalue weighted by Crippen LogP contribution is 2.23. The standard InChI is InChI=1S/C13H13ClN2O2/c1-2-12-9(5-6-18-12)13(17)16-11-4-3-8(14)7-10(11)15/h3-7H,2,15H2,1H3,(H,16,17). The van der Waals surface area contributed by atoms with Gasteiger partial charge in [-0.05, 0) is 24.3 Å². The Kier molecular flexibility index (Phi) is 3.58. The summed E-state index contributed by atoms with van der Waals surface area (Å²) in [7, 11) is 0. The number of carbonyl (C=O) groups excluding carboxylic acids is 1. The lowest BCUT2D eigenvalue weighted by molar-refractivity contribution is 0.102. The van der Waals surface area contributed by atoms with Gasteiger partial charge in [0, 0.05) is 11.4 Å². The van der Waals surface area contributed by atoms with E-state index in [1.54, 1.807) is 24.3 Å². The van der Waals surface area contributed by atoms with E-state index in [4.69, 9.17) is 21.8 Å². The number of nitrogens with one attached hydrogen (secondary N) is 1. The first-order chi connectivity index (χ1) is 8.61. The summed E-state index contributed by atoms with van der Waals surface area (Å²) in [6, 6.07) is 6.57. The van der Waals surface area contributed by atoms with Gasteiger partial charge in [0.1, 0.15) is 5.76 Å². The number of hydrogen-bond acceptors (Lipinski definition) is 3. The maximum atomic E-state index is 12.0. The molecule has 18 heavy (non-hydrogen) atoms. The predicted octanol–water partition coefficient (Wildman–Crippen LogP) is 3.33. The molecule has 1 aromatic carbocycles. The van der Waals surface area contributed by atoms with E-state index in [1.165, 1.54) is 6.26 Å². The molecule has 1 amide bonds. The molecular weight excluding hydrogens is 252 g/mol. The normalized spacial score (nSPS) is 10.3. The van der Waals surface area contributed by atoms with Crippen molar-refractivity contribution >= 4 is 28.9 Å². The smallest absolute Gasteiger partial charge is 0.259 e. The van der Waals surface area contributed by atoms with E-state index in [2.05, 4.69) is 5.32 Å². The first-order valence-corrected chi connectivity index (χ1v) is 5.92. The molecule has 5 heteroatoms. The molecule has 0 fully saturated rings. The molecule has 4 nitrogen and oxygen atoms in total. The molecule has 0 radical (unpaired) electrons. The SMILES string of the molecule is CCc1occc1C(=O)Nc1ccc(Cl)cc1N.